The number of primary sulfonamides is 1. The maximum Gasteiger partial charge on any atom is 0.254 e. The number of nitrogens with one attached hydrogen (secondary N) is 1. The van der Waals surface area contributed by atoms with Crippen molar-refractivity contribution >= 4 is 50.7 Å². The third kappa shape index (κ3) is 4.70. The Morgan fingerprint density at radius 3 is 2.48 bits per heavy atom. The van der Waals surface area contributed by atoms with E-state index >= 15 is 0 Å². The number of hydrogen-bond acceptors (Lipinski definition) is 4. The molecular weight excluding hydrogens is 363 g/mol. The van der Waals surface area contributed by atoms with E-state index in [4.69, 9.17) is 44.7 Å². The van der Waals surface area contributed by atoms with Crippen molar-refractivity contribution in [1.29, 1.82) is 0 Å². The van der Waals surface area contributed by atoms with Crippen LogP contribution < -0.4 is 10.5 Å². The summed E-state index contributed by atoms with van der Waals surface area (Å²) in [6.45, 7) is 0.760. The second-order valence-corrected chi connectivity index (χ2v) is 6.70. The number of nitrogens with two attached hydrogens (primary N) is 1. The first kappa shape index (κ1) is 18.5. The molecule has 0 bridgehead atoms. The number of carbonyl (C=O) groups excluding carboxylic acids is 1. The van der Waals surface area contributed by atoms with Gasteiger partial charge >= 0.3 is 0 Å². The Kier molecular flexibility index (Phi) is 6.71. The summed E-state index contributed by atoms with van der Waals surface area (Å²) in [6.07, 6.45) is 0.570. The van der Waals surface area contributed by atoms with Gasteiger partial charge in [-0.3, -0.25) is 4.79 Å². The lowest BCUT2D eigenvalue weighted by atomic mass is 10.2. The minimum Gasteiger partial charge on any atom is -0.385 e. The molecule has 0 saturated carbocycles. The lowest BCUT2D eigenvalue weighted by Gasteiger charge is -2.12. The molecule has 21 heavy (non-hydrogen) atoms. The van der Waals surface area contributed by atoms with Crippen molar-refractivity contribution in [2.24, 2.45) is 5.14 Å². The van der Waals surface area contributed by atoms with E-state index in [1.54, 1.807) is 0 Å². The smallest absolute Gasteiger partial charge is 0.254 e. The molecule has 0 aromatic heterocycles. The molecule has 0 aliphatic carbocycles. The van der Waals surface area contributed by atoms with Crippen LogP contribution in [0.3, 0.4) is 0 Å². The van der Waals surface area contributed by atoms with Crippen LogP contribution in [0.5, 0.6) is 0 Å². The van der Waals surface area contributed by atoms with Gasteiger partial charge in [0.2, 0.25) is 10.0 Å². The van der Waals surface area contributed by atoms with Crippen LogP contribution in [0.1, 0.15) is 16.8 Å². The number of benzene rings is 1. The zero-order valence-corrected chi connectivity index (χ0v) is 14.0. The molecule has 0 aliphatic rings. The Balaban J connectivity index is 3.17. The molecule has 0 fully saturated rings. The van der Waals surface area contributed by atoms with Gasteiger partial charge in [-0.25, -0.2) is 13.6 Å². The number of amides is 1. The molecule has 0 unspecified atom stereocenters. The van der Waals surface area contributed by atoms with E-state index in [2.05, 4.69) is 5.32 Å². The molecule has 0 heterocycles. The second kappa shape index (κ2) is 7.62. The first-order valence-electron chi connectivity index (χ1n) is 5.67. The van der Waals surface area contributed by atoms with Crippen LogP contribution >= 0.6 is 34.8 Å². The van der Waals surface area contributed by atoms with Gasteiger partial charge in [-0.05, 0) is 12.5 Å². The quantitative estimate of drug-likeness (QED) is 0.587. The Bertz CT molecular complexity index is 649. The van der Waals surface area contributed by atoms with E-state index in [9.17, 15) is 13.2 Å². The monoisotopic (exact) mass is 374 g/mol. The third-order valence-electron chi connectivity index (χ3n) is 2.47. The van der Waals surface area contributed by atoms with Gasteiger partial charge in [0.05, 0.1) is 20.6 Å². The molecule has 0 atom stereocenters. The standard InChI is InChI=1S/C11H13Cl3N2O4S/c1-20-4-2-3-16-11(17)8-9(13)6(12)5-7(10(8)14)21(15,18)19/h5H,2-4H2,1H3,(H,16,17)(H2,15,18,19). The Morgan fingerprint density at radius 1 is 1.33 bits per heavy atom. The minimum absolute atomic E-state index is 0.132. The molecule has 1 aromatic rings. The van der Waals surface area contributed by atoms with E-state index in [0.29, 0.717) is 19.6 Å². The summed E-state index contributed by atoms with van der Waals surface area (Å²) in [5.41, 5.74) is -0.229. The van der Waals surface area contributed by atoms with Gasteiger partial charge in [0.25, 0.3) is 5.91 Å². The summed E-state index contributed by atoms with van der Waals surface area (Å²) >= 11 is 17.7. The number of rotatable bonds is 6. The summed E-state index contributed by atoms with van der Waals surface area (Å²) in [4.78, 5) is 11.6. The first-order chi connectivity index (χ1) is 9.70. The van der Waals surface area contributed by atoms with Crippen LogP contribution in [0, 0.1) is 0 Å². The van der Waals surface area contributed by atoms with Crippen LogP contribution in [-0.2, 0) is 14.8 Å². The van der Waals surface area contributed by atoms with Gasteiger partial charge in [0.1, 0.15) is 4.90 Å². The maximum atomic E-state index is 12.1. The number of halogens is 3. The SMILES string of the molecule is COCCCNC(=O)c1c(Cl)c(Cl)cc(S(N)(=O)=O)c1Cl. The van der Waals surface area contributed by atoms with Crippen LogP contribution in [0.2, 0.25) is 15.1 Å². The second-order valence-electron chi connectivity index (χ2n) is 4.01. The van der Waals surface area contributed by atoms with Crippen molar-refractivity contribution in [2.45, 2.75) is 11.3 Å². The van der Waals surface area contributed by atoms with E-state index < -0.39 is 20.8 Å². The highest BCUT2D eigenvalue weighted by Crippen LogP contribution is 2.36. The van der Waals surface area contributed by atoms with E-state index in [1.807, 2.05) is 0 Å². The summed E-state index contributed by atoms with van der Waals surface area (Å²) in [6, 6.07) is 1.00. The molecule has 0 radical (unpaired) electrons. The number of methoxy groups -OCH3 is 1. The molecule has 1 aromatic carbocycles. The summed E-state index contributed by atoms with van der Waals surface area (Å²) in [5.74, 6) is -0.645. The average molecular weight is 376 g/mol. The molecule has 0 aliphatic heterocycles. The van der Waals surface area contributed by atoms with Crippen LogP contribution in [0.15, 0.2) is 11.0 Å². The van der Waals surface area contributed by atoms with E-state index in [1.165, 1.54) is 7.11 Å². The maximum absolute atomic E-state index is 12.1. The van der Waals surface area contributed by atoms with Crippen molar-refractivity contribution < 1.29 is 17.9 Å². The number of ether oxygens (including phenoxy) is 1. The van der Waals surface area contributed by atoms with Gasteiger partial charge in [-0.15, -0.1) is 0 Å². The molecule has 0 saturated heterocycles. The molecule has 10 heteroatoms. The molecule has 3 N–H and O–H groups in total. The fourth-order valence-corrected chi connectivity index (χ4v) is 3.24. The highest BCUT2D eigenvalue weighted by Gasteiger charge is 2.25. The highest BCUT2D eigenvalue weighted by molar-refractivity contribution is 7.89. The lowest BCUT2D eigenvalue weighted by molar-refractivity contribution is 0.0948. The molecular formula is C11H13Cl3N2O4S. The number of sulfonamides is 1. The number of hydrogen-bond donors (Lipinski definition) is 2. The normalized spacial score (nSPS) is 11.5. The van der Waals surface area contributed by atoms with Crippen molar-refractivity contribution in [2.75, 3.05) is 20.3 Å². The lowest BCUT2D eigenvalue weighted by Crippen LogP contribution is -2.26. The summed E-state index contributed by atoms with van der Waals surface area (Å²) < 4.78 is 27.7. The Morgan fingerprint density at radius 2 is 1.95 bits per heavy atom. The predicted molar refractivity (Wildman–Crippen MR) is 81.7 cm³/mol. The van der Waals surface area contributed by atoms with Crippen molar-refractivity contribution in [1.82, 2.24) is 5.32 Å². The van der Waals surface area contributed by atoms with Crippen molar-refractivity contribution in [3.63, 3.8) is 0 Å². The van der Waals surface area contributed by atoms with E-state index in [0.717, 1.165) is 6.07 Å². The minimum atomic E-state index is -4.13. The summed E-state index contributed by atoms with van der Waals surface area (Å²) in [7, 11) is -2.60. The summed E-state index contributed by atoms with van der Waals surface area (Å²) in [5, 5.41) is 6.92. The van der Waals surface area contributed by atoms with Gasteiger partial charge < -0.3 is 10.1 Å². The molecule has 1 amide bonds. The van der Waals surface area contributed by atoms with E-state index in [-0.39, 0.29) is 20.6 Å². The third-order valence-corrected chi connectivity index (χ3v) is 4.69. The van der Waals surface area contributed by atoms with Gasteiger partial charge in [-0.1, -0.05) is 34.8 Å². The van der Waals surface area contributed by atoms with Crippen LogP contribution in [-0.4, -0.2) is 34.6 Å². The predicted octanol–water partition coefficient (Wildman–Crippen LogP) is 2.06. The largest absolute Gasteiger partial charge is 0.385 e. The van der Waals surface area contributed by atoms with Crippen LogP contribution in [0.25, 0.3) is 0 Å². The fourth-order valence-electron chi connectivity index (χ4n) is 1.49. The first-order valence-corrected chi connectivity index (χ1v) is 8.35. The van der Waals surface area contributed by atoms with Crippen molar-refractivity contribution in [3.8, 4) is 0 Å². The molecule has 6 nitrogen and oxygen atoms in total. The number of carbonyl (C=O) groups is 1. The van der Waals surface area contributed by atoms with Gasteiger partial charge in [0.15, 0.2) is 0 Å². The van der Waals surface area contributed by atoms with Gasteiger partial charge in [-0.2, -0.15) is 0 Å². The van der Waals surface area contributed by atoms with Crippen LogP contribution in [0.4, 0.5) is 0 Å². The molecule has 118 valence electrons. The fraction of sp³-hybridized carbons (Fsp3) is 0.364. The molecule has 1 rings (SSSR count). The Hall–Kier alpha value is -0.570. The zero-order chi connectivity index (χ0) is 16.2. The van der Waals surface area contributed by atoms with Crippen molar-refractivity contribution in [3.05, 3.63) is 26.7 Å². The topological polar surface area (TPSA) is 98.5 Å². The zero-order valence-electron chi connectivity index (χ0n) is 11.0. The molecule has 0 spiro atoms. The Labute approximate surface area is 137 Å². The highest BCUT2D eigenvalue weighted by atomic mass is 35.5. The average Bonchev–Trinajstić information content (AvgIpc) is 2.38. The van der Waals surface area contributed by atoms with Gasteiger partial charge in [0, 0.05) is 20.3 Å².